The van der Waals surface area contributed by atoms with Crippen molar-refractivity contribution in [1.82, 2.24) is 5.32 Å². The Labute approximate surface area is 135 Å². The molecular weight excluding hydrogens is 304 g/mol. The van der Waals surface area contributed by atoms with Crippen LogP contribution in [-0.4, -0.2) is 38.6 Å². The van der Waals surface area contributed by atoms with Crippen molar-refractivity contribution in [3.05, 3.63) is 29.3 Å². The molecule has 1 spiro atoms. The lowest BCUT2D eigenvalue weighted by Crippen LogP contribution is -2.49. The van der Waals surface area contributed by atoms with Crippen LogP contribution in [0.15, 0.2) is 12.1 Å². The van der Waals surface area contributed by atoms with Crippen molar-refractivity contribution < 1.29 is 23.0 Å². The molecule has 1 aromatic carbocycles. The first-order valence-electron chi connectivity index (χ1n) is 8.09. The smallest absolute Gasteiger partial charge is 0.172 e. The fourth-order valence-electron chi connectivity index (χ4n) is 3.44. The zero-order chi connectivity index (χ0) is 16.3. The summed E-state index contributed by atoms with van der Waals surface area (Å²) in [6.07, 6.45) is 3.46. The summed E-state index contributed by atoms with van der Waals surface area (Å²) in [7, 11) is 1.38. The van der Waals surface area contributed by atoms with Gasteiger partial charge in [-0.05, 0) is 37.8 Å². The van der Waals surface area contributed by atoms with E-state index in [1.807, 2.05) is 0 Å². The number of methoxy groups -OCH3 is 1. The SMILES string of the molecule is COc1ccc(F)c(CN[C@H]2CCOC3(CCOCC3)C2)c1F. The van der Waals surface area contributed by atoms with E-state index in [9.17, 15) is 8.78 Å². The van der Waals surface area contributed by atoms with Gasteiger partial charge in [0.05, 0.1) is 12.7 Å². The largest absolute Gasteiger partial charge is 0.494 e. The minimum atomic E-state index is -0.632. The lowest BCUT2D eigenvalue weighted by molar-refractivity contribution is -0.140. The Bertz CT molecular complexity index is 541. The summed E-state index contributed by atoms with van der Waals surface area (Å²) >= 11 is 0. The molecule has 0 bridgehead atoms. The Morgan fingerprint density at radius 1 is 1.26 bits per heavy atom. The van der Waals surface area contributed by atoms with E-state index in [0.29, 0.717) is 19.8 Å². The van der Waals surface area contributed by atoms with Gasteiger partial charge in [-0.3, -0.25) is 0 Å². The van der Waals surface area contributed by atoms with Crippen molar-refractivity contribution in [2.75, 3.05) is 26.9 Å². The fourth-order valence-corrected chi connectivity index (χ4v) is 3.44. The van der Waals surface area contributed by atoms with E-state index in [4.69, 9.17) is 14.2 Å². The molecule has 0 unspecified atom stereocenters. The van der Waals surface area contributed by atoms with Crippen molar-refractivity contribution in [3.63, 3.8) is 0 Å². The molecule has 0 radical (unpaired) electrons. The van der Waals surface area contributed by atoms with Gasteiger partial charge < -0.3 is 19.5 Å². The zero-order valence-electron chi connectivity index (χ0n) is 13.4. The first kappa shape index (κ1) is 16.6. The highest BCUT2D eigenvalue weighted by molar-refractivity contribution is 5.32. The first-order valence-corrected chi connectivity index (χ1v) is 8.09. The van der Waals surface area contributed by atoms with E-state index >= 15 is 0 Å². The molecule has 2 fully saturated rings. The number of benzene rings is 1. The molecule has 1 N–H and O–H groups in total. The van der Waals surface area contributed by atoms with E-state index in [0.717, 1.165) is 25.7 Å². The van der Waals surface area contributed by atoms with Gasteiger partial charge in [-0.2, -0.15) is 0 Å². The number of halogens is 2. The van der Waals surface area contributed by atoms with Crippen molar-refractivity contribution >= 4 is 0 Å². The summed E-state index contributed by atoms with van der Waals surface area (Å²) in [6.45, 7) is 2.24. The van der Waals surface area contributed by atoms with Crippen LogP contribution >= 0.6 is 0 Å². The van der Waals surface area contributed by atoms with E-state index in [1.54, 1.807) is 0 Å². The number of hydrogen-bond donors (Lipinski definition) is 1. The maximum Gasteiger partial charge on any atom is 0.172 e. The molecule has 6 heteroatoms. The van der Waals surface area contributed by atoms with Gasteiger partial charge in [0, 0.05) is 38.0 Å². The van der Waals surface area contributed by atoms with Crippen molar-refractivity contribution in [2.24, 2.45) is 0 Å². The van der Waals surface area contributed by atoms with Gasteiger partial charge >= 0.3 is 0 Å². The zero-order valence-corrected chi connectivity index (χ0v) is 13.4. The summed E-state index contributed by atoms with van der Waals surface area (Å²) in [5.74, 6) is -1.12. The Hall–Kier alpha value is -1.24. The minimum Gasteiger partial charge on any atom is -0.494 e. The van der Waals surface area contributed by atoms with Gasteiger partial charge in [0.2, 0.25) is 0 Å². The molecule has 0 saturated carbocycles. The molecule has 0 amide bonds. The van der Waals surface area contributed by atoms with Crippen LogP contribution in [0, 0.1) is 11.6 Å². The minimum absolute atomic E-state index is 0.0249. The van der Waals surface area contributed by atoms with Crippen LogP contribution in [0.2, 0.25) is 0 Å². The summed E-state index contributed by atoms with van der Waals surface area (Å²) in [5, 5.41) is 3.29. The van der Waals surface area contributed by atoms with E-state index in [-0.39, 0.29) is 29.5 Å². The molecule has 2 aliphatic heterocycles. The van der Waals surface area contributed by atoms with Gasteiger partial charge in [0.25, 0.3) is 0 Å². The molecular formula is C17H23F2NO3. The Morgan fingerprint density at radius 2 is 2.04 bits per heavy atom. The maximum absolute atomic E-state index is 14.2. The Balaban J connectivity index is 1.64. The normalized spacial score (nSPS) is 23.9. The van der Waals surface area contributed by atoms with Gasteiger partial charge in [-0.25, -0.2) is 8.78 Å². The van der Waals surface area contributed by atoms with Gasteiger partial charge in [0.1, 0.15) is 5.82 Å². The number of hydrogen-bond acceptors (Lipinski definition) is 4. The Kier molecular flexibility index (Phi) is 5.14. The molecule has 0 aromatic heterocycles. The monoisotopic (exact) mass is 327 g/mol. The predicted octanol–water partition coefficient (Wildman–Crippen LogP) is 2.79. The van der Waals surface area contributed by atoms with Crippen LogP contribution in [0.5, 0.6) is 5.75 Å². The third-order valence-corrected chi connectivity index (χ3v) is 4.84. The van der Waals surface area contributed by atoms with Crippen LogP contribution in [0.1, 0.15) is 31.2 Å². The maximum atomic E-state index is 14.2. The van der Waals surface area contributed by atoms with E-state index in [1.165, 1.54) is 19.2 Å². The molecule has 2 heterocycles. The van der Waals surface area contributed by atoms with Gasteiger partial charge in [-0.1, -0.05) is 0 Å². The quantitative estimate of drug-likeness (QED) is 0.923. The highest BCUT2D eigenvalue weighted by Crippen LogP contribution is 2.34. The lowest BCUT2D eigenvalue weighted by atomic mass is 9.84. The van der Waals surface area contributed by atoms with Crippen molar-refractivity contribution in [1.29, 1.82) is 0 Å². The van der Waals surface area contributed by atoms with Crippen LogP contribution in [-0.2, 0) is 16.0 Å². The fraction of sp³-hybridized carbons (Fsp3) is 0.647. The van der Waals surface area contributed by atoms with Gasteiger partial charge in [-0.15, -0.1) is 0 Å². The molecule has 4 nitrogen and oxygen atoms in total. The third kappa shape index (κ3) is 3.65. The lowest BCUT2D eigenvalue weighted by Gasteiger charge is -2.43. The highest BCUT2D eigenvalue weighted by atomic mass is 19.1. The highest BCUT2D eigenvalue weighted by Gasteiger charge is 2.38. The van der Waals surface area contributed by atoms with Crippen molar-refractivity contribution in [3.8, 4) is 5.75 Å². The number of rotatable bonds is 4. The molecule has 3 rings (SSSR count). The van der Waals surface area contributed by atoms with E-state index < -0.39 is 11.6 Å². The third-order valence-electron chi connectivity index (χ3n) is 4.84. The second-order valence-electron chi connectivity index (χ2n) is 6.26. The summed E-state index contributed by atoms with van der Waals surface area (Å²) in [4.78, 5) is 0. The number of ether oxygens (including phenoxy) is 3. The summed E-state index contributed by atoms with van der Waals surface area (Å²) < 4.78 is 44.4. The van der Waals surface area contributed by atoms with Crippen LogP contribution in [0.4, 0.5) is 8.78 Å². The first-order chi connectivity index (χ1) is 11.1. The number of nitrogens with one attached hydrogen (secondary N) is 1. The molecule has 2 saturated heterocycles. The predicted molar refractivity (Wildman–Crippen MR) is 81.5 cm³/mol. The second kappa shape index (κ2) is 7.11. The van der Waals surface area contributed by atoms with Crippen molar-refractivity contribution in [2.45, 2.75) is 43.9 Å². The Morgan fingerprint density at radius 3 is 2.78 bits per heavy atom. The topological polar surface area (TPSA) is 39.7 Å². The van der Waals surface area contributed by atoms with Crippen LogP contribution < -0.4 is 10.1 Å². The van der Waals surface area contributed by atoms with Crippen LogP contribution in [0.25, 0.3) is 0 Å². The molecule has 128 valence electrons. The molecule has 2 aliphatic rings. The molecule has 0 aliphatic carbocycles. The van der Waals surface area contributed by atoms with E-state index in [2.05, 4.69) is 5.32 Å². The average Bonchev–Trinajstić information content (AvgIpc) is 2.56. The molecule has 23 heavy (non-hydrogen) atoms. The molecule has 1 atom stereocenters. The van der Waals surface area contributed by atoms with Gasteiger partial charge in [0.15, 0.2) is 11.6 Å². The standard InChI is InChI=1S/C17H23F2NO3/c1-21-15-3-2-14(18)13(16(15)19)11-20-12-4-7-23-17(10-12)5-8-22-9-6-17/h2-3,12,20H,4-11H2,1H3/t12-/m0/s1. The molecule has 1 aromatic rings. The van der Waals surface area contributed by atoms with Crippen LogP contribution in [0.3, 0.4) is 0 Å². The summed E-state index contributed by atoms with van der Waals surface area (Å²) in [6, 6.07) is 2.73. The summed E-state index contributed by atoms with van der Waals surface area (Å²) in [5.41, 5.74) is -0.114. The average molecular weight is 327 g/mol. The second-order valence-corrected chi connectivity index (χ2v) is 6.26.